The highest BCUT2D eigenvalue weighted by atomic mass is 79.9. The molecule has 0 aliphatic heterocycles. The molecule has 0 unspecified atom stereocenters. The summed E-state index contributed by atoms with van der Waals surface area (Å²) in [4.78, 5) is 23.6. The average Bonchev–Trinajstić information content (AvgIpc) is 2.99. The van der Waals surface area contributed by atoms with Crippen LogP contribution in [0, 0.1) is 0 Å². The SMILES string of the molecule is O=C(CCCC(=O)c1ccc(Br)cc1)NCc1ccco1. The maximum atomic E-state index is 11.9. The second-order valence-electron chi connectivity index (χ2n) is 4.64. The smallest absolute Gasteiger partial charge is 0.220 e. The number of amides is 1. The van der Waals surface area contributed by atoms with Gasteiger partial charge in [0, 0.05) is 22.9 Å². The molecule has 4 nitrogen and oxygen atoms in total. The number of rotatable bonds is 7. The number of nitrogens with one attached hydrogen (secondary N) is 1. The highest BCUT2D eigenvalue weighted by molar-refractivity contribution is 9.10. The Bertz CT molecular complexity index is 590. The maximum absolute atomic E-state index is 11.9. The van der Waals surface area contributed by atoms with Gasteiger partial charge in [0.05, 0.1) is 12.8 Å². The predicted octanol–water partition coefficient (Wildman–Crippen LogP) is 3.71. The third kappa shape index (κ3) is 5.19. The molecular formula is C16H16BrNO3. The molecule has 1 N–H and O–H groups in total. The summed E-state index contributed by atoms with van der Waals surface area (Å²) in [7, 11) is 0. The Hall–Kier alpha value is -1.88. The molecule has 2 rings (SSSR count). The number of hydrogen-bond donors (Lipinski definition) is 1. The normalized spacial score (nSPS) is 10.3. The molecule has 0 saturated carbocycles. The number of furan rings is 1. The zero-order valence-electron chi connectivity index (χ0n) is 11.5. The van der Waals surface area contributed by atoms with E-state index >= 15 is 0 Å². The van der Waals surface area contributed by atoms with Crippen LogP contribution in [0.3, 0.4) is 0 Å². The van der Waals surface area contributed by atoms with E-state index in [4.69, 9.17) is 4.42 Å². The summed E-state index contributed by atoms with van der Waals surface area (Å²) in [5.74, 6) is 0.700. The first-order chi connectivity index (χ1) is 10.1. The molecule has 1 amide bonds. The van der Waals surface area contributed by atoms with Gasteiger partial charge in [-0.3, -0.25) is 9.59 Å². The number of carbonyl (C=O) groups is 2. The lowest BCUT2D eigenvalue weighted by atomic mass is 10.1. The Morgan fingerprint density at radius 1 is 1.10 bits per heavy atom. The first kappa shape index (κ1) is 15.5. The van der Waals surface area contributed by atoms with Gasteiger partial charge in [0.1, 0.15) is 5.76 Å². The van der Waals surface area contributed by atoms with E-state index in [0.717, 1.165) is 4.47 Å². The predicted molar refractivity (Wildman–Crippen MR) is 82.9 cm³/mol. The van der Waals surface area contributed by atoms with E-state index in [-0.39, 0.29) is 11.7 Å². The summed E-state index contributed by atoms with van der Waals surface area (Å²) in [6, 6.07) is 10.8. The minimum Gasteiger partial charge on any atom is -0.467 e. The molecule has 0 aliphatic carbocycles. The Labute approximate surface area is 131 Å². The van der Waals surface area contributed by atoms with E-state index in [0.29, 0.717) is 37.1 Å². The summed E-state index contributed by atoms with van der Waals surface area (Å²) in [5, 5.41) is 2.76. The highest BCUT2D eigenvalue weighted by Crippen LogP contribution is 2.13. The van der Waals surface area contributed by atoms with Crippen molar-refractivity contribution in [2.45, 2.75) is 25.8 Å². The molecule has 0 fully saturated rings. The molecule has 21 heavy (non-hydrogen) atoms. The lowest BCUT2D eigenvalue weighted by molar-refractivity contribution is -0.121. The molecule has 5 heteroatoms. The molecule has 0 saturated heterocycles. The fourth-order valence-corrected chi connectivity index (χ4v) is 2.14. The molecule has 1 heterocycles. The summed E-state index contributed by atoms with van der Waals surface area (Å²) in [6.07, 6.45) is 2.82. The van der Waals surface area contributed by atoms with Crippen LogP contribution in [0.5, 0.6) is 0 Å². The van der Waals surface area contributed by atoms with Crippen molar-refractivity contribution in [3.63, 3.8) is 0 Å². The Morgan fingerprint density at radius 3 is 2.52 bits per heavy atom. The van der Waals surface area contributed by atoms with Crippen LogP contribution in [-0.2, 0) is 11.3 Å². The van der Waals surface area contributed by atoms with Gasteiger partial charge >= 0.3 is 0 Å². The Balaban J connectivity index is 1.67. The van der Waals surface area contributed by atoms with E-state index in [1.807, 2.05) is 12.1 Å². The Morgan fingerprint density at radius 2 is 1.86 bits per heavy atom. The first-order valence-electron chi connectivity index (χ1n) is 6.73. The lowest BCUT2D eigenvalue weighted by Gasteiger charge is -2.03. The van der Waals surface area contributed by atoms with Gasteiger partial charge in [0.2, 0.25) is 5.91 Å². The third-order valence-electron chi connectivity index (χ3n) is 3.01. The molecule has 0 spiro atoms. The molecule has 0 atom stereocenters. The minimum atomic E-state index is -0.0741. The van der Waals surface area contributed by atoms with Gasteiger partial charge in [0.25, 0.3) is 0 Å². The van der Waals surface area contributed by atoms with Crippen molar-refractivity contribution in [3.8, 4) is 0 Å². The number of hydrogen-bond acceptors (Lipinski definition) is 3. The van der Waals surface area contributed by atoms with Crippen molar-refractivity contribution in [1.29, 1.82) is 0 Å². The van der Waals surface area contributed by atoms with E-state index in [2.05, 4.69) is 21.2 Å². The molecule has 0 aliphatic rings. The summed E-state index contributed by atoms with van der Waals surface area (Å²) >= 11 is 3.33. The number of ketones is 1. The van der Waals surface area contributed by atoms with Gasteiger partial charge in [-0.25, -0.2) is 0 Å². The summed E-state index contributed by atoms with van der Waals surface area (Å²) in [6.45, 7) is 0.381. The summed E-state index contributed by atoms with van der Waals surface area (Å²) < 4.78 is 6.06. The second kappa shape index (κ2) is 7.78. The number of benzene rings is 1. The standard InChI is InChI=1S/C16H16BrNO3/c17-13-8-6-12(7-9-13)15(19)4-1-5-16(20)18-11-14-3-2-10-21-14/h2-3,6-10H,1,4-5,11H2,(H,18,20). The zero-order chi connectivity index (χ0) is 15.1. The summed E-state index contributed by atoms with van der Waals surface area (Å²) in [5.41, 5.74) is 0.675. The molecule has 1 aromatic carbocycles. The number of halogens is 1. The van der Waals surface area contributed by atoms with Crippen molar-refractivity contribution in [2.75, 3.05) is 0 Å². The van der Waals surface area contributed by atoms with E-state index in [1.54, 1.807) is 30.5 Å². The lowest BCUT2D eigenvalue weighted by Crippen LogP contribution is -2.22. The topological polar surface area (TPSA) is 59.3 Å². The van der Waals surface area contributed by atoms with Crippen LogP contribution in [-0.4, -0.2) is 11.7 Å². The van der Waals surface area contributed by atoms with Crippen molar-refractivity contribution in [1.82, 2.24) is 5.32 Å². The van der Waals surface area contributed by atoms with Gasteiger partial charge in [-0.05, 0) is 30.7 Å². The fourth-order valence-electron chi connectivity index (χ4n) is 1.88. The van der Waals surface area contributed by atoms with Crippen LogP contribution in [0.2, 0.25) is 0 Å². The number of Topliss-reactive ketones (excluding diaryl/α,β-unsaturated/α-hetero) is 1. The van der Waals surface area contributed by atoms with Crippen LogP contribution in [0.1, 0.15) is 35.4 Å². The van der Waals surface area contributed by atoms with Crippen molar-refractivity contribution >= 4 is 27.6 Å². The number of carbonyl (C=O) groups excluding carboxylic acids is 2. The average molecular weight is 350 g/mol. The van der Waals surface area contributed by atoms with Crippen LogP contribution in [0.15, 0.2) is 51.6 Å². The molecule has 1 aromatic heterocycles. The first-order valence-corrected chi connectivity index (χ1v) is 7.52. The maximum Gasteiger partial charge on any atom is 0.220 e. The molecular weight excluding hydrogens is 334 g/mol. The minimum absolute atomic E-state index is 0.0568. The van der Waals surface area contributed by atoms with Crippen molar-refractivity contribution in [2.24, 2.45) is 0 Å². The van der Waals surface area contributed by atoms with Gasteiger partial charge in [-0.1, -0.05) is 28.1 Å². The van der Waals surface area contributed by atoms with E-state index < -0.39 is 0 Å². The van der Waals surface area contributed by atoms with Gasteiger partial charge in [0.15, 0.2) is 5.78 Å². The van der Waals surface area contributed by atoms with Gasteiger partial charge in [-0.15, -0.1) is 0 Å². The quantitative estimate of drug-likeness (QED) is 0.775. The molecule has 0 bridgehead atoms. The molecule has 2 aromatic rings. The van der Waals surface area contributed by atoms with Gasteiger partial charge in [-0.2, -0.15) is 0 Å². The van der Waals surface area contributed by atoms with E-state index in [9.17, 15) is 9.59 Å². The van der Waals surface area contributed by atoms with Crippen LogP contribution in [0.4, 0.5) is 0 Å². The Kier molecular flexibility index (Phi) is 5.75. The highest BCUT2D eigenvalue weighted by Gasteiger charge is 2.08. The fraction of sp³-hybridized carbons (Fsp3) is 0.250. The van der Waals surface area contributed by atoms with Crippen molar-refractivity contribution < 1.29 is 14.0 Å². The largest absolute Gasteiger partial charge is 0.467 e. The zero-order valence-corrected chi connectivity index (χ0v) is 13.1. The monoisotopic (exact) mass is 349 g/mol. The van der Waals surface area contributed by atoms with Crippen LogP contribution < -0.4 is 5.32 Å². The second-order valence-corrected chi connectivity index (χ2v) is 5.56. The van der Waals surface area contributed by atoms with Gasteiger partial charge < -0.3 is 9.73 Å². The molecule has 0 radical (unpaired) electrons. The third-order valence-corrected chi connectivity index (χ3v) is 3.54. The van der Waals surface area contributed by atoms with Crippen molar-refractivity contribution in [3.05, 3.63) is 58.5 Å². The van der Waals surface area contributed by atoms with Crippen LogP contribution >= 0.6 is 15.9 Å². The van der Waals surface area contributed by atoms with E-state index in [1.165, 1.54) is 0 Å². The molecule has 110 valence electrons. The van der Waals surface area contributed by atoms with Crippen LogP contribution in [0.25, 0.3) is 0 Å².